The number of likely N-dealkylation sites (N-methyl/N-ethyl adjacent to an activating group) is 1. The van der Waals surface area contributed by atoms with Gasteiger partial charge in [0, 0.05) is 18.8 Å². The number of carbonyl (C=O) groups excluding carboxylic acids is 1. The van der Waals surface area contributed by atoms with E-state index in [1.54, 1.807) is 11.0 Å². The van der Waals surface area contributed by atoms with E-state index in [1.807, 2.05) is 74.3 Å². The molecule has 0 N–H and O–H groups in total. The third-order valence-electron chi connectivity index (χ3n) is 4.39. The van der Waals surface area contributed by atoms with Crippen molar-refractivity contribution < 1.29 is 9.21 Å². The molecule has 0 spiro atoms. The summed E-state index contributed by atoms with van der Waals surface area (Å²) in [5.74, 6) is 0.705. The van der Waals surface area contributed by atoms with E-state index in [0.29, 0.717) is 22.4 Å². The topological polar surface area (TPSA) is 62.5 Å². The molecular weight excluding hydrogens is 376 g/mol. The molecule has 146 valence electrons. The Hall–Kier alpha value is -2.86. The maximum atomic E-state index is 12.9. The fourth-order valence-corrected chi connectivity index (χ4v) is 3.05. The van der Waals surface area contributed by atoms with Gasteiger partial charge in [0.15, 0.2) is 0 Å². The van der Waals surface area contributed by atoms with Crippen molar-refractivity contribution in [2.45, 2.75) is 26.4 Å². The minimum Gasteiger partial charge on any atom is -0.419 e. The van der Waals surface area contributed by atoms with Gasteiger partial charge in [0.2, 0.25) is 17.7 Å². The fraction of sp³-hybridized carbons (Fsp3) is 0.286. The number of anilines is 1. The average molecular weight is 399 g/mol. The molecule has 2 aromatic carbocycles. The zero-order valence-electron chi connectivity index (χ0n) is 16.2. The molecule has 1 amide bonds. The van der Waals surface area contributed by atoms with E-state index < -0.39 is 0 Å². The molecule has 0 bridgehead atoms. The fourth-order valence-electron chi connectivity index (χ4n) is 2.83. The number of aromatic nitrogens is 2. The number of hydrogen-bond donors (Lipinski definition) is 0. The number of rotatable bonds is 7. The number of halogens is 1. The monoisotopic (exact) mass is 398 g/mol. The van der Waals surface area contributed by atoms with Gasteiger partial charge in [-0.3, -0.25) is 4.79 Å². The number of nitrogens with zero attached hydrogens (tertiary/aromatic N) is 4. The summed E-state index contributed by atoms with van der Waals surface area (Å²) in [4.78, 5) is 16.5. The van der Waals surface area contributed by atoms with Gasteiger partial charge in [0.1, 0.15) is 0 Å². The van der Waals surface area contributed by atoms with Gasteiger partial charge in [0.05, 0.1) is 23.7 Å². The van der Waals surface area contributed by atoms with Gasteiger partial charge in [0.25, 0.3) is 0 Å². The molecule has 3 aromatic rings. The van der Waals surface area contributed by atoms with Crippen LogP contribution in [0, 0.1) is 0 Å². The lowest BCUT2D eigenvalue weighted by Gasteiger charge is -2.28. The minimum absolute atomic E-state index is 0.00710. The first-order valence-corrected chi connectivity index (χ1v) is 9.46. The van der Waals surface area contributed by atoms with Gasteiger partial charge < -0.3 is 14.2 Å². The van der Waals surface area contributed by atoms with E-state index >= 15 is 0 Å². The second-order valence-electron chi connectivity index (χ2n) is 6.79. The van der Waals surface area contributed by atoms with Crippen LogP contribution in [0.15, 0.2) is 59.0 Å². The van der Waals surface area contributed by atoms with Gasteiger partial charge in [-0.25, -0.2) is 0 Å². The first-order chi connectivity index (χ1) is 13.5. The third kappa shape index (κ3) is 4.70. The molecule has 0 aliphatic rings. The second-order valence-corrected chi connectivity index (χ2v) is 7.19. The zero-order chi connectivity index (χ0) is 20.1. The predicted molar refractivity (Wildman–Crippen MR) is 110 cm³/mol. The van der Waals surface area contributed by atoms with Crippen molar-refractivity contribution in [2.24, 2.45) is 0 Å². The van der Waals surface area contributed by atoms with Crippen LogP contribution >= 0.6 is 11.6 Å². The highest BCUT2D eigenvalue weighted by molar-refractivity contribution is 6.33. The van der Waals surface area contributed by atoms with Gasteiger partial charge >= 0.3 is 0 Å². The number of carbonyl (C=O) groups is 1. The normalized spacial score (nSPS) is 10.9. The molecule has 7 heteroatoms. The second kappa shape index (κ2) is 8.89. The number of para-hydroxylation sites is 1. The standard InChI is InChI=1S/C21H23ClN4O2/c1-15(2)26(20(27)14-25(3)16-9-5-4-6-10-16)13-19-23-24-21(28-19)17-11-7-8-12-18(17)22/h4-12,15H,13-14H2,1-3H3. The Morgan fingerprint density at radius 1 is 1.07 bits per heavy atom. The van der Waals surface area contributed by atoms with Crippen LogP contribution in [0.4, 0.5) is 5.69 Å². The predicted octanol–water partition coefficient (Wildman–Crippen LogP) is 4.26. The average Bonchev–Trinajstić information content (AvgIpc) is 3.15. The molecule has 3 rings (SSSR count). The van der Waals surface area contributed by atoms with E-state index in [2.05, 4.69) is 10.2 Å². The van der Waals surface area contributed by atoms with Crippen molar-refractivity contribution in [1.29, 1.82) is 0 Å². The van der Waals surface area contributed by atoms with Crippen LogP contribution in [0.3, 0.4) is 0 Å². The van der Waals surface area contributed by atoms with E-state index in [9.17, 15) is 4.79 Å². The minimum atomic E-state index is -0.0150. The molecule has 0 radical (unpaired) electrons. The van der Waals surface area contributed by atoms with Crippen LogP contribution in [-0.2, 0) is 11.3 Å². The van der Waals surface area contributed by atoms with Crippen LogP contribution in [0.2, 0.25) is 5.02 Å². The molecule has 1 heterocycles. The number of benzene rings is 2. The van der Waals surface area contributed by atoms with Crippen LogP contribution < -0.4 is 4.90 Å². The Morgan fingerprint density at radius 2 is 1.75 bits per heavy atom. The molecule has 0 aliphatic carbocycles. The Labute approximate surface area is 169 Å². The zero-order valence-corrected chi connectivity index (χ0v) is 16.9. The quantitative estimate of drug-likeness (QED) is 0.595. The van der Waals surface area contributed by atoms with E-state index in [-0.39, 0.29) is 25.0 Å². The Kier molecular flexibility index (Phi) is 6.31. The third-order valence-corrected chi connectivity index (χ3v) is 4.72. The molecule has 1 aromatic heterocycles. The van der Waals surface area contributed by atoms with Gasteiger partial charge in [-0.1, -0.05) is 41.9 Å². The lowest BCUT2D eigenvalue weighted by atomic mass is 10.2. The Balaban J connectivity index is 1.71. The van der Waals surface area contributed by atoms with Crippen LogP contribution in [0.5, 0.6) is 0 Å². The van der Waals surface area contributed by atoms with E-state index in [1.165, 1.54) is 0 Å². The smallest absolute Gasteiger partial charge is 0.249 e. The molecule has 0 unspecified atom stereocenters. The molecule has 0 saturated carbocycles. The summed E-state index contributed by atoms with van der Waals surface area (Å²) in [6.07, 6.45) is 0. The summed E-state index contributed by atoms with van der Waals surface area (Å²) in [5.41, 5.74) is 1.66. The van der Waals surface area contributed by atoms with Gasteiger partial charge in [-0.05, 0) is 38.1 Å². The van der Waals surface area contributed by atoms with Crippen molar-refractivity contribution in [2.75, 3.05) is 18.5 Å². The van der Waals surface area contributed by atoms with Crippen molar-refractivity contribution in [3.8, 4) is 11.5 Å². The summed E-state index contributed by atoms with van der Waals surface area (Å²) in [7, 11) is 1.90. The number of amides is 1. The highest BCUT2D eigenvalue weighted by Gasteiger charge is 2.22. The maximum Gasteiger partial charge on any atom is 0.249 e. The molecular formula is C21H23ClN4O2. The summed E-state index contributed by atoms with van der Waals surface area (Å²) >= 11 is 6.19. The molecule has 0 saturated heterocycles. The Bertz CT molecular complexity index is 927. The Morgan fingerprint density at radius 3 is 2.43 bits per heavy atom. The molecule has 0 atom stereocenters. The largest absolute Gasteiger partial charge is 0.419 e. The van der Waals surface area contributed by atoms with Crippen molar-refractivity contribution in [3.05, 3.63) is 65.5 Å². The summed E-state index contributed by atoms with van der Waals surface area (Å²) in [6.45, 7) is 4.43. The summed E-state index contributed by atoms with van der Waals surface area (Å²) in [5, 5.41) is 8.71. The lowest BCUT2D eigenvalue weighted by molar-refractivity contribution is -0.132. The molecule has 6 nitrogen and oxygen atoms in total. The molecule has 0 aliphatic heterocycles. The maximum absolute atomic E-state index is 12.9. The SMILES string of the molecule is CC(C)N(Cc1nnc(-c2ccccc2Cl)o1)C(=O)CN(C)c1ccccc1. The first-order valence-electron chi connectivity index (χ1n) is 9.08. The lowest BCUT2D eigenvalue weighted by Crippen LogP contribution is -2.42. The summed E-state index contributed by atoms with van der Waals surface area (Å²) in [6, 6.07) is 17.1. The summed E-state index contributed by atoms with van der Waals surface area (Å²) < 4.78 is 5.76. The van der Waals surface area contributed by atoms with Crippen molar-refractivity contribution in [3.63, 3.8) is 0 Å². The highest BCUT2D eigenvalue weighted by Crippen LogP contribution is 2.26. The molecule has 0 fully saturated rings. The van der Waals surface area contributed by atoms with Gasteiger partial charge in [-0.15, -0.1) is 10.2 Å². The van der Waals surface area contributed by atoms with Crippen LogP contribution in [0.1, 0.15) is 19.7 Å². The van der Waals surface area contributed by atoms with E-state index in [4.69, 9.17) is 16.0 Å². The molecule has 28 heavy (non-hydrogen) atoms. The van der Waals surface area contributed by atoms with Crippen molar-refractivity contribution in [1.82, 2.24) is 15.1 Å². The number of hydrogen-bond acceptors (Lipinski definition) is 5. The first kappa shape index (κ1) is 19.9. The van der Waals surface area contributed by atoms with Crippen LogP contribution in [-0.4, -0.2) is 40.6 Å². The highest BCUT2D eigenvalue weighted by atomic mass is 35.5. The van der Waals surface area contributed by atoms with Crippen molar-refractivity contribution >= 4 is 23.2 Å². The van der Waals surface area contributed by atoms with Gasteiger partial charge in [-0.2, -0.15) is 0 Å². The van der Waals surface area contributed by atoms with E-state index in [0.717, 1.165) is 5.69 Å². The van der Waals surface area contributed by atoms with Crippen LogP contribution in [0.25, 0.3) is 11.5 Å².